The topological polar surface area (TPSA) is 81.3 Å². The van der Waals surface area contributed by atoms with E-state index in [1.165, 1.54) is 23.5 Å². The summed E-state index contributed by atoms with van der Waals surface area (Å²) in [6.07, 6.45) is 0. The summed E-state index contributed by atoms with van der Waals surface area (Å²) >= 11 is 7.43. The predicted octanol–water partition coefficient (Wildman–Crippen LogP) is 2.00. The van der Waals surface area contributed by atoms with Crippen molar-refractivity contribution in [3.8, 4) is 16.3 Å². The number of aryl methyl sites for hydroxylation is 1. The van der Waals surface area contributed by atoms with E-state index in [2.05, 4.69) is 10.2 Å². The summed E-state index contributed by atoms with van der Waals surface area (Å²) in [7, 11) is 0. The highest BCUT2D eigenvalue weighted by molar-refractivity contribution is 7.14. The monoisotopic (exact) mass is 317 g/mol. The van der Waals surface area contributed by atoms with E-state index in [9.17, 15) is 4.39 Å². The molecule has 0 radical (unpaired) electrons. The molecule has 0 saturated heterocycles. The molecule has 20 heavy (non-hydrogen) atoms. The van der Waals surface area contributed by atoms with Gasteiger partial charge in [-0.25, -0.2) is 4.39 Å². The lowest BCUT2D eigenvalue weighted by Crippen LogP contribution is -2.31. The molecule has 0 fully saturated rings. The predicted molar refractivity (Wildman–Crippen MR) is 75.6 cm³/mol. The molecule has 5 nitrogen and oxygen atoms in total. The number of aromatic nitrogens is 2. The number of halogens is 2. The Morgan fingerprint density at radius 3 is 2.85 bits per heavy atom. The number of hydrogen-bond donors (Lipinski definition) is 2. The summed E-state index contributed by atoms with van der Waals surface area (Å²) < 4.78 is 19.1. The molecule has 1 heterocycles. The van der Waals surface area contributed by atoms with Crippen molar-refractivity contribution in [2.45, 2.75) is 13.0 Å². The second-order valence-corrected chi connectivity index (χ2v) is 5.73. The maximum atomic E-state index is 13.9. The van der Waals surface area contributed by atoms with Crippen LogP contribution in [0.15, 0.2) is 12.1 Å². The molecule has 8 heteroatoms. The van der Waals surface area contributed by atoms with Gasteiger partial charge in [0.2, 0.25) is 0 Å². The van der Waals surface area contributed by atoms with E-state index in [0.717, 1.165) is 5.01 Å². The van der Waals surface area contributed by atoms with Crippen LogP contribution in [-0.4, -0.2) is 34.6 Å². The summed E-state index contributed by atoms with van der Waals surface area (Å²) in [5, 5.41) is 18.2. The smallest absolute Gasteiger partial charge is 0.165 e. The van der Waals surface area contributed by atoms with E-state index in [1.54, 1.807) is 6.92 Å². The molecule has 108 valence electrons. The van der Waals surface area contributed by atoms with Gasteiger partial charge in [-0.15, -0.1) is 10.2 Å². The van der Waals surface area contributed by atoms with E-state index in [4.69, 9.17) is 27.2 Å². The minimum atomic E-state index is -0.571. The molecule has 1 aromatic carbocycles. The van der Waals surface area contributed by atoms with Gasteiger partial charge in [-0.3, -0.25) is 0 Å². The molecular weight excluding hydrogens is 305 g/mol. The van der Waals surface area contributed by atoms with E-state index < -0.39 is 11.9 Å². The Labute approximate surface area is 124 Å². The molecule has 1 aromatic heterocycles. The van der Waals surface area contributed by atoms with Crippen LogP contribution in [0.25, 0.3) is 10.6 Å². The first-order valence-corrected chi connectivity index (χ1v) is 6.99. The standard InChI is InChI=1S/C12H13ClFN3O2S/c1-6-16-17-12(20-6)8-2-10(14)11(3-9(8)13)19-5-7(15)4-18/h2-3,7,18H,4-5,15H2,1H3. The van der Waals surface area contributed by atoms with Crippen molar-refractivity contribution < 1.29 is 14.2 Å². The highest BCUT2D eigenvalue weighted by atomic mass is 35.5. The number of ether oxygens (including phenoxy) is 1. The fourth-order valence-corrected chi connectivity index (χ4v) is 2.48. The number of aliphatic hydroxyl groups is 1. The van der Waals surface area contributed by atoms with Crippen molar-refractivity contribution in [3.05, 3.63) is 28.0 Å². The minimum Gasteiger partial charge on any atom is -0.489 e. The van der Waals surface area contributed by atoms with Crippen molar-refractivity contribution in [1.82, 2.24) is 10.2 Å². The molecule has 0 amide bonds. The number of nitrogens with two attached hydrogens (primary N) is 1. The summed E-state index contributed by atoms with van der Waals surface area (Å²) in [6, 6.07) is 2.05. The highest BCUT2D eigenvalue weighted by Crippen LogP contribution is 2.34. The zero-order valence-electron chi connectivity index (χ0n) is 10.6. The first kappa shape index (κ1) is 15.1. The van der Waals surface area contributed by atoms with Crippen LogP contribution in [0.1, 0.15) is 5.01 Å². The first-order valence-electron chi connectivity index (χ1n) is 5.80. The van der Waals surface area contributed by atoms with Gasteiger partial charge in [0.05, 0.1) is 17.7 Å². The Kier molecular flexibility index (Phi) is 4.87. The van der Waals surface area contributed by atoms with Crippen molar-refractivity contribution in [3.63, 3.8) is 0 Å². The third kappa shape index (κ3) is 3.43. The summed E-state index contributed by atoms with van der Waals surface area (Å²) in [5.74, 6) is -0.578. The van der Waals surface area contributed by atoms with Gasteiger partial charge in [-0.2, -0.15) is 0 Å². The lowest BCUT2D eigenvalue weighted by molar-refractivity contribution is 0.202. The van der Waals surface area contributed by atoms with Gasteiger partial charge >= 0.3 is 0 Å². The SMILES string of the molecule is Cc1nnc(-c2cc(F)c(OCC(N)CO)cc2Cl)s1. The van der Waals surface area contributed by atoms with Crippen LogP contribution in [0.5, 0.6) is 5.75 Å². The van der Waals surface area contributed by atoms with Crippen LogP contribution < -0.4 is 10.5 Å². The lowest BCUT2D eigenvalue weighted by atomic mass is 10.2. The lowest BCUT2D eigenvalue weighted by Gasteiger charge is -2.12. The molecule has 0 bridgehead atoms. The quantitative estimate of drug-likeness (QED) is 0.881. The number of hydrogen-bond acceptors (Lipinski definition) is 6. The average Bonchev–Trinajstić information content (AvgIpc) is 2.85. The highest BCUT2D eigenvalue weighted by Gasteiger charge is 2.15. The van der Waals surface area contributed by atoms with Gasteiger partial charge < -0.3 is 15.6 Å². The van der Waals surface area contributed by atoms with Gasteiger partial charge in [0.1, 0.15) is 16.6 Å². The molecule has 0 aliphatic carbocycles. The molecule has 3 N–H and O–H groups in total. The number of nitrogens with zero attached hydrogens (tertiary/aromatic N) is 2. The maximum Gasteiger partial charge on any atom is 0.165 e. The van der Waals surface area contributed by atoms with E-state index in [1.807, 2.05) is 0 Å². The van der Waals surface area contributed by atoms with E-state index in [0.29, 0.717) is 15.6 Å². The average molecular weight is 318 g/mol. The van der Waals surface area contributed by atoms with Crippen molar-refractivity contribution in [1.29, 1.82) is 0 Å². The van der Waals surface area contributed by atoms with Crippen LogP contribution >= 0.6 is 22.9 Å². The molecule has 0 aliphatic heterocycles. The molecule has 0 aliphatic rings. The Balaban J connectivity index is 2.24. The molecular formula is C12H13ClFN3O2S. The van der Waals surface area contributed by atoms with Crippen molar-refractivity contribution in [2.75, 3.05) is 13.2 Å². The Hall–Kier alpha value is -1.28. The Morgan fingerprint density at radius 1 is 1.50 bits per heavy atom. The normalized spacial score (nSPS) is 12.4. The van der Waals surface area contributed by atoms with E-state index in [-0.39, 0.29) is 19.0 Å². The molecule has 1 unspecified atom stereocenters. The van der Waals surface area contributed by atoms with Crippen LogP contribution in [0.2, 0.25) is 5.02 Å². The number of aliphatic hydroxyl groups excluding tert-OH is 1. The minimum absolute atomic E-state index is 0.00100. The Morgan fingerprint density at radius 2 is 2.25 bits per heavy atom. The first-order chi connectivity index (χ1) is 9.51. The van der Waals surface area contributed by atoms with E-state index >= 15 is 0 Å². The van der Waals surface area contributed by atoms with Gasteiger partial charge in [0.15, 0.2) is 11.6 Å². The summed E-state index contributed by atoms with van der Waals surface area (Å²) in [5.41, 5.74) is 5.95. The summed E-state index contributed by atoms with van der Waals surface area (Å²) in [6.45, 7) is 1.57. The fourth-order valence-electron chi connectivity index (χ4n) is 1.46. The molecule has 2 aromatic rings. The zero-order valence-corrected chi connectivity index (χ0v) is 12.2. The Bertz CT molecular complexity index is 608. The number of benzene rings is 1. The molecule has 1 atom stereocenters. The number of rotatable bonds is 5. The van der Waals surface area contributed by atoms with Crippen LogP contribution in [-0.2, 0) is 0 Å². The summed E-state index contributed by atoms with van der Waals surface area (Å²) in [4.78, 5) is 0. The van der Waals surface area contributed by atoms with Gasteiger partial charge in [0.25, 0.3) is 0 Å². The van der Waals surface area contributed by atoms with Gasteiger partial charge in [-0.1, -0.05) is 22.9 Å². The molecule has 2 rings (SSSR count). The third-order valence-electron chi connectivity index (χ3n) is 2.47. The van der Waals surface area contributed by atoms with Crippen molar-refractivity contribution >= 4 is 22.9 Å². The second-order valence-electron chi connectivity index (χ2n) is 4.14. The zero-order chi connectivity index (χ0) is 14.7. The van der Waals surface area contributed by atoms with Crippen molar-refractivity contribution in [2.24, 2.45) is 5.73 Å². The van der Waals surface area contributed by atoms with Gasteiger partial charge in [-0.05, 0) is 13.0 Å². The molecule has 0 saturated carbocycles. The molecule has 0 spiro atoms. The van der Waals surface area contributed by atoms with Gasteiger partial charge in [0, 0.05) is 11.6 Å². The largest absolute Gasteiger partial charge is 0.489 e. The fraction of sp³-hybridized carbons (Fsp3) is 0.333. The van der Waals surface area contributed by atoms with Crippen LogP contribution in [0, 0.1) is 12.7 Å². The maximum absolute atomic E-state index is 13.9. The van der Waals surface area contributed by atoms with Crippen LogP contribution in [0.3, 0.4) is 0 Å². The van der Waals surface area contributed by atoms with Crippen LogP contribution in [0.4, 0.5) is 4.39 Å². The second kappa shape index (κ2) is 6.45. The third-order valence-corrected chi connectivity index (χ3v) is 3.65.